The van der Waals surface area contributed by atoms with Crippen LogP contribution in [0, 0.1) is 17.5 Å². The second kappa shape index (κ2) is 6.64. The Labute approximate surface area is 126 Å². The van der Waals surface area contributed by atoms with Gasteiger partial charge in [-0.1, -0.05) is 6.92 Å². The van der Waals surface area contributed by atoms with Gasteiger partial charge in [-0.25, -0.2) is 13.2 Å². The van der Waals surface area contributed by atoms with Crippen LogP contribution in [0.2, 0.25) is 0 Å². The first-order chi connectivity index (χ1) is 10.4. The molecule has 0 heterocycles. The minimum absolute atomic E-state index is 0.116. The Kier molecular flexibility index (Phi) is 4.85. The van der Waals surface area contributed by atoms with E-state index in [1.54, 1.807) is 12.1 Å². The number of benzene rings is 2. The van der Waals surface area contributed by atoms with E-state index in [0.717, 1.165) is 18.6 Å². The molecule has 0 fully saturated rings. The summed E-state index contributed by atoms with van der Waals surface area (Å²) in [7, 11) is 0. The number of hydrogen-bond donors (Lipinski definition) is 0. The number of carbonyl (C=O) groups is 1. The van der Waals surface area contributed by atoms with Crippen LogP contribution >= 0.6 is 0 Å². The summed E-state index contributed by atoms with van der Waals surface area (Å²) < 4.78 is 45.5. The summed E-state index contributed by atoms with van der Waals surface area (Å²) in [5, 5.41) is 0. The molecule has 0 aromatic heterocycles. The fourth-order valence-corrected chi connectivity index (χ4v) is 2.02. The highest BCUT2D eigenvalue weighted by molar-refractivity contribution is 5.96. The molecule has 2 rings (SSSR count). The van der Waals surface area contributed by atoms with E-state index in [9.17, 15) is 18.0 Å². The van der Waals surface area contributed by atoms with E-state index < -0.39 is 17.5 Å². The molecule has 0 unspecified atom stereocenters. The molecule has 0 bridgehead atoms. The molecule has 116 valence electrons. The van der Waals surface area contributed by atoms with Crippen molar-refractivity contribution in [1.29, 1.82) is 0 Å². The van der Waals surface area contributed by atoms with Crippen LogP contribution in [-0.2, 0) is 0 Å². The third-order valence-electron chi connectivity index (χ3n) is 3.14. The van der Waals surface area contributed by atoms with Crippen molar-refractivity contribution in [2.75, 3.05) is 6.61 Å². The second-order valence-corrected chi connectivity index (χ2v) is 4.87. The van der Waals surface area contributed by atoms with Crippen LogP contribution in [0.5, 0.6) is 5.75 Å². The van der Waals surface area contributed by atoms with Crippen LogP contribution in [0.15, 0.2) is 30.3 Å². The normalized spacial score (nSPS) is 10.6. The van der Waals surface area contributed by atoms with E-state index in [-0.39, 0.29) is 11.3 Å². The molecule has 0 aliphatic heterocycles. The standard InChI is InChI=1S/C17H15F3O2/c1-3-6-22-16-5-4-11(10(2)21)7-13(16)12-8-14(18)17(20)15(19)9-12/h4-5,7-9H,3,6H2,1-2H3. The van der Waals surface area contributed by atoms with E-state index >= 15 is 0 Å². The van der Waals surface area contributed by atoms with Crippen molar-refractivity contribution in [1.82, 2.24) is 0 Å². The van der Waals surface area contributed by atoms with Crippen molar-refractivity contribution < 1.29 is 22.7 Å². The Bertz CT molecular complexity index is 688. The van der Waals surface area contributed by atoms with Gasteiger partial charge in [0.25, 0.3) is 0 Å². The van der Waals surface area contributed by atoms with Gasteiger partial charge in [-0.15, -0.1) is 0 Å². The summed E-state index contributed by atoms with van der Waals surface area (Å²) >= 11 is 0. The maximum Gasteiger partial charge on any atom is 0.194 e. The third-order valence-corrected chi connectivity index (χ3v) is 3.14. The Morgan fingerprint density at radius 1 is 1.09 bits per heavy atom. The molecule has 2 nitrogen and oxygen atoms in total. The fourth-order valence-electron chi connectivity index (χ4n) is 2.02. The lowest BCUT2D eigenvalue weighted by atomic mass is 10.00. The first kappa shape index (κ1) is 16.1. The number of ketones is 1. The second-order valence-electron chi connectivity index (χ2n) is 4.87. The molecule has 0 N–H and O–H groups in total. The average Bonchev–Trinajstić information content (AvgIpc) is 2.49. The number of Topliss-reactive ketones (excluding diaryl/α,β-unsaturated/α-hetero) is 1. The third kappa shape index (κ3) is 3.30. The van der Waals surface area contributed by atoms with Crippen LogP contribution in [-0.4, -0.2) is 12.4 Å². The highest BCUT2D eigenvalue weighted by atomic mass is 19.2. The van der Waals surface area contributed by atoms with Gasteiger partial charge in [0.1, 0.15) is 5.75 Å². The van der Waals surface area contributed by atoms with Gasteiger partial charge in [0.05, 0.1) is 6.61 Å². The Hall–Kier alpha value is -2.30. The number of halogens is 3. The first-order valence-electron chi connectivity index (χ1n) is 6.86. The monoisotopic (exact) mass is 308 g/mol. The Morgan fingerprint density at radius 2 is 1.73 bits per heavy atom. The van der Waals surface area contributed by atoms with E-state index in [1.165, 1.54) is 13.0 Å². The quantitative estimate of drug-likeness (QED) is 0.588. The zero-order valence-electron chi connectivity index (χ0n) is 12.3. The molecular weight excluding hydrogens is 293 g/mol. The molecule has 0 aliphatic carbocycles. The molecule has 0 spiro atoms. The molecule has 5 heteroatoms. The van der Waals surface area contributed by atoms with Crippen LogP contribution in [0.3, 0.4) is 0 Å². The minimum Gasteiger partial charge on any atom is -0.493 e. The van der Waals surface area contributed by atoms with E-state index in [4.69, 9.17) is 4.74 Å². The van der Waals surface area contributed by atoms with E-state index in [2.05, 4.69) is 0 Å². The summed E-state index contributed by atoms with van der Waals surface area (Å²) in [4.78, 5) is 11.5. The van der Waals surface area contributed by atoms with Crippen molar-refractivity contribution in [2.24, 2.45) is 0 Å². The molecule has 0 aliphatic rings. The minimum atomic E-state index is -1.53. The van der Waals surface area contributed by atoms with Crippen LogP contribution in [0.4, 0.5) is 13.2 Å². The first-order valence-corrected chi connectivity index (χ1v) is 6.86. The zero-order chi connectivity index (χ0) is 16.3. The highest BCUT2D eigenvalue weighted by Crippen LogP contribution is 2.33. The number of carbonyl (C=O) groups excluding carboxylic acids is 1. The zero-order valence-corrected chi connectivity index (χ0v) is 12.3. The predicted octanol–water partition coefficient (Wildman–Crippen LogP) is 4.76. The number of rotatable bonds is 5. The summed E-state index contributed by atoms with van der Waals surface area (Å²) in [6.07, 6.45) is 0.750. The highest BCUT2D eigenvalue weighted by Gasteiger charge is 2.15. The Morgan fingerprint density at radius 3 is 2.27 bits per heavy atom. The van der Waals surface area contributed by atoms with Crippen molar-refractivity contribution in [3.05, 3.63) is 53.3 Å². The van der Waals surface area contributed by atoms with Gasteiger partial charge in [0.2, 0.25) is 0 Å². The lowest BCUT2D eigenvalue weighted by Crippen LogP contribution is -2.00. The summed E-state index contributed by atoms with van der Waals surface area (Å²) in [5.74, 6) is -3.90. The molecule has 0 saturated heterocycles. The van der Waals surface area contributed by atoms with Crippen molar-refractivity contribution in [3.8, 4) is 16.9 Å². The van der Waals surface area contributed by atoms with Crippen LogP contribution < -0.4 is 4.74 Å². The molecule has 22 heavy (non-hydrogen) atoms. The van der Waals surface area contributed by atoms with Crippen LogP contribution in [0.25, 0.3) is 11.1 Å². The molecule has 2 aromatic carbocycles. The Balaban J connectivity index is 2.59. The van der Waals surface area contributed by atoms with Gasteiger partial charge >= 0.3 is 0 Å². The van der Waals surface area contributed by atoms with E-state index in [0.29, 0.717) is 23.5 Å². The van der Waals surface area contributed by atoms with Gasteiger partial charge < -0.3 is 4.74 Å². The maximum absolute atomic E-state index is 13.4. The fraction of sp³-hybridized carbons (Fsp3) is 0.235. The summed E-state index contributed by atoms with van der Waals surface area (Å²) in [5.41, 5.74) is 0.841. The topological polar surface area (TPSA) is 26.3 Å². The summed E-state index contributed by atoms with van der Waals surface area (Å²) in [6.45, 7) is 3.72. The van der Waals surface area contributed by atoms with Crippen LogP contribution in [0.1, 0.15) is 30.6 Å². The van der Waals surface area contributed by atoms with Gasteiger partial charge in [-0.05, 0) is 49.2 Å². The molecular formula is C17H15F3O2. The predicted molar refractivity (Wildman–Crippen MR) is 77.5 cm³/mol. The molecule has 2 aromatic rings. The van der Waals surface area contributed by atoms with Crippen molar-refractivity contribution in [3.63, 3.8) is 0 Å². The lowest BCUT2D eigenvalue weighted by Gasteiger charge is -2.13. The largest absolute Gasteiger partial charge is 0.493 e. The maximum atomic E-state index is 13.4. The smallest absolute Gasteiger partial charge is 0.194 e. The van der Waals surface area contributed by atoms with E-state index in [1.807, 2.05) is 6.92 Å². The number of ether oxygens (including phenoxy) is 1. The molecule has 0 radical (unpaired) electrons. The van der Waals surface area contributed by atoms with Gasteiger partial charge in [0, 0.05) is 11.1 Å². The molecule has 0 amide bonds. The number of hydrogen-bond acceptors (Lipinski definition) is 2. The van der Waals surface area contributed by atoms with Gasteiger partial charge in [-0.2, -0.15) is 0 Å². The van der Waals surface area contributed by atoms with Gasteiger partial charge in [-0.3, -0.25) is 4.79 Å². The lowest BCUT2D eigenvalue weighted by molar-refractivity contribution is 0.101. The summed E-state index contributed by atoms with van der Waals surface area (Å²) in [6, 6.07) is 6.40. The van der Waals surface area contributed by atoms with Gasteiger partial charge in [0.15, 0.2) is 23.2 Å². The average molecular weight is 308 g/mol. The molecule has 0 atom stereocenters. The van der Waals surface area contributed by atoms with Crippen molar-refractivity contribution in [2.45, 2.75) is 20.3 Å². The van der Waals surface area contributed by atoms with Crippen molar-refractivity contribution >= 4 is 5.78 Å². The SMILES string of the molecule is CCCOc1ccc(C(C)=O)cc1-c1cc(F)c(F)c(F)c1. The molecule has 0 saturated carbocycles.